The fourth-order valence-corrected chi connectivity index (χ4v) is 3.18. The number of amides is 1. The number of nitrogens with two attached hydrogens (primary N) is 1. The van der Waals surface area contributed by atoms with Crippen molar-refractivity contribution in [3.8, 4) is 0 Å². The molecule has 130 valence electrons. The Morgan fingerprint density at radius 3 is 2.52 bits per heavy atom. The van der Waals surface area contributed by atoms with Crippen LogP contribution in [0.2, 0.25) is 0 Å². The van der Waals surface area contributed by atoms with Crippen LogP contribution in [0, 0.1) is 0 Å². The number of anilines is 1. The lowest BCUT2D eigenvalue weighted by Crippen LogP contribution is -2.13. The van der Waals surface area contributed by atoms with Crippen molar-refractivity contribution in [2.45, 2.75) is 18.0 Å². The molecule has 7 nitrogen and oxygen atoms in total. The van der Waals surface area contributed by atoms with Gasteiger partial charge in [-0.05, 0) is 29.3 Å². The number of hydrogen-bond acceptors (Lipinski definition) is 5. The molecular weight excluding hydrogens is 342 g/mol. The Labute approximate surface area is 145 Å². The Bertz CT molecular complexity index is 950. The maximum atomic E-state index is 12.1. The van der Waals surface area contributed by atoms with E-state index in [1.807, 2.05) is 0 Å². The summed E-state index contributed by atoms with van der Waals surface area (Å²) in [5.41, 5.74) is 3.30. The predicted octanol–water partition coefficient (Wildman–Crippen LogP) is 0.909. The van der Waals surface area contributed by atoms with E-state index in [0.717, 1.165) is 5.56 Å². The van der Waals surface area contributed by atoms with E-state index in [1.165, 1.54) is 12.1 Å². The molecule has 3 rings (SSSR count). The summed E-state index contributed by atoms with van der Waals surface area (Å²) in [7, 11) is -3.71. The summed E-state index contributed by atoms with van der Waals surface area (Å²) in [6, 6.07) is 11.5. The number of nitrogens with one attached hydrogen (secondary N) is 2. The molecule has 0 saturated carbocycles. The van der Waals surface area contributed by atoms with Crippen molar-refractivity contribution in [2.24, 2.45) is 5.14 Å². The van der Waals surface area contributed by atoms with Crippen LogP contribution >= 0.6 is 0 Å². The molecule has 0 atom stereocenters. The first-order chi connectivity index (χ1) is 11.9. The molecule has 1 amide bonds. The molecule has 0 saturated heterocycles. The molecule has 0 spiro atoms. The fourth-order valence-electron chi connectivity index (χ4n) is 2.66. The third-order valence-electron chi connectivity index (χ3n) is 3.89. The van der Waals surface area contributed by atoms with Gasteiger partial charge in [0, 0.05) is 24.0 Å². The zero-order chi connectivity index (χ0) is 18.0. The van der Waals surface area contributed by atoms with E-state index in [0.29, 0.717) is 28.9 Å². The second-order valence-corrected chi connectivity index (χ2v) is 7.14. The zero-order valence-electron chi connectivity index (χ0n) is 13.2. The number of carbonyl (C=O) groups excluding carboxylic acids is 1. The van der Waals surface area contributed by atoms with E-state index in [4.69, 9.17) is 5.14 Å². The molecule has 1 aliphatic heterocycles. The van der Waals surface area contributed by atoms with Gasteiger partial charge < -0.3 is 15.7 Å². The molecule has 1 aliphatic rings. The van der Waals surface area contributed by atoms with Gasteiger partial charge in [-0.2, -0.15) is 0 Å². The smallest absolute Gasteiger partial charge is 0.257 e. The minimum atomic E-state index is -3.71. The Balaban J connectivity index is 1.77. The van der Waals surface area contributed by atoms with E-state index in [2.05, 4.69) is 10.6 Å². The monoisotopic (exact) mass is 359 g/mol. The summed E-state index contributed by atoms with van der Waals surface area (Å²) in [6.45, 7) is 0.239. The molecule has 0 fully saturated rings. The number of primary sulfonamides is 1. The quantitative estimate of drug-likeness (QED) is 0.591. The van der Waals surface area contributed by atoms with Gasteiger partial charge in [0.1, 0.15) is 0 Å². The van der Waals surface area contributed by atoms with E-state index in [-0.39, 0.29) is 17.4 Å². The molecule has 0 unspecified atom stereocenters. The van der Waals surface area contributed by atoms with Crippen molar-refractivity contribution in [1.82, 2.24) is 5.32 Å². The first-order valence-electron chi connectivity index (χ1n) is 7.50. The van der Waals surface area contributed by atoms with Crippen LogP contribution in [0.3, 0.4) is 0 Å². The average molecular weight is 359 g/mol. The molecule has 0 bridgehead atoms. The maximum absolute atomic E-state index is 12.1. The van der Waals surface area contributed by atoms with Crippen LogP contribution < -0.4 is 15.8 Å². The van der Waals surface area contributed by atoms with E-state index in [9.17, 15) is 18.3 Å². The van der Waals surface area contributed by atoms with E-state index < -0.39 is 10.0 Å². The highest BCUT2D eigenvalue weighted by Crippen LogP contribution is 2.34. The highest BCUT2D eigenvalue weighted by atomic mass is 32.2. The second kappa shape index (κ2) is 6.67. The number of rotatable bonds is 5. The lowest BCUT2D eigenvalue weighted by molar-refractivity contribution is -0.110. The van der Waals surface area contributed by atoms with Crippen LogP contribution in [0.5, 0.6) is 0 Å². The number of aliphatic hydroxyl groups is 1. The van der Waals surface area contributed by atoms with E-state index in [1.54, 1.807) is 36.5 Å². The number of carbonyl (C=O) groups is 1. The summed E-state index contributed by atoms with van der Waals surface area (Å²) in [6.07, 6.45) is 1.59. The first kappa shape index (κ1) is 17.2. The normalized spacial score (nSPS) is 15.1. The summed E-state index contributed by atoms with van der Waals surface area (Å²) in [4.78, 5) is 12.2. The van der Waals surface area contributed by atoms with Crippen molar-refractivity contribution < 1.29 is 18.3 Å². The number of aliphatic hydroxyl groups excluding tert-OH is 1. The summed E-state index contributed by atoms with van der Waals surface area (Å²) >= 11 is 0. The molecule has 2 aromatic carbocycles. The van der Waals surface area contributed by atoms with Crippen LogP contribution in [0.4, 0.5) is 5.69 Å². The Kier molecular flexibility index (Phi) is 4.58. The number of fused-ring (bicyclic) bond motifs is 1. The lowest BCUT2D eigenvalue weighted by Gasteiger charge is -2.07. The third-order valence-corrected chi connectivity index (χ3v) is 4.82. The molecule has 5 N–H and O–H groups in total. The van der Waals surface area contributed by atoms with Gasteiger partial charge in [-0.1, -0.05) is 24.3 Å². The summed E-state index contributed by atoms with van der Waals surface area (Å²) in [5, 5.41) is 20.3. The van der Waals surface area contributed by atoms with Gasteiger partial charge in [0.2, 0.25) is 10.0 Å². The van der Waals surface area contributed by atoms with E-state index >= 15 is 0 Å². The molecule has 0 radical (unpaired) electrons. The first-order valence-corrected chi connectivity index (χ1v) is 9.04. The molecule has 2 aromatic rings. The zero-order valence-corrected chi connectivity index (χ0v) is 14.0. The van der Waals surface area contributed by atoms with Crippen LogP contribution in [0.25, 0.3) is 5.57 Å². The number of benzene rings is 2. The van der Waals surface area contributed by atoms with Crippen LogP contribution in [0.15, 0.2) is 53.6 Å². The van der Waals surface area contributed by atoms with Gasteiger partial charge >= 0.3 is 0 Å². The van der Waals surface area contributed by atoms with Crippen molar-refractivity contribution in [3.05, 3.63) is 65.4 Å². The van der Waals surface area contributed by atoms with Gasteiger partial charge in [0.15, 0.2) is 0 Å². The molecule has 25 heavy (non-hydrogen) atoms. The van der Waals surface area contributed by atoms with Crippen LogP contribution in [-0.4, -0.2) is 19.4 Å². The van der Waals surface area contributed by atoms with Crippen molar-refractivity contribution in [1.29, 1.82) is 0 Å². The van der Waals surface area contributed by atoms with Crippen LogP contribution in [0.1, 0.15) is 16.7 Å². The SMILES string of the molecule is NS(=O)(=O)c1ccc(CNC=C2C(=O)Nc3cccc(CO)c32)cc1. The fraction of sp³-hybridized carbons (Fsp3) is 0.118. The van der Waals surface area contributed by atoms with Gasteiger partial charge in [0.05, 0.1) is 17.1 Å². The Morgan fingerprint density at radius 1 is 1.16 bits per heavy atom. The molecular formula is C17H17N3O4S. The standard InChI is InChI=1S/C17H17N3O4S/c18-25(23,24)13-6-4-11(5-7-13)8-19-9-14-16-12(10-21)2-1-3-15(16)20-17(14)22/h1-7,9,19,21H,8,10H2,(H,20,22)(H2,18,23,24). The van der Waals surface area contributed by atoms with Gasteiger partial charge in [-0.15, -0.1) is 0 Å². The number of sulfonamides is 1. The van der Waals surface area contributed by atoms with Crippen molar-refractivity contribution >= 4 is 27.2 Å². The average Bonchev–Trinajstić information content (AvgIpc) is 2.90. The van der Waals surface area contributed by atoms with Gasteiger partial charge in [-0.25, -0.2) is 13.6 Å². The largest absolute Gasteiger partial charge is 0.392 e. The second-order valence-electron chi connectivity index (χ2n) is 5.58. The minimum absolute atomic E-state index is 0.0475. The topological polar surface area (TPSA) is 122 Å². The molecule has 0 aliphatic carbocycles. The summed E-state index contributed by atoms with van der Waals surface area (Å²) in [5.74, 6) is -0.243. The maximum Gasteiger partial charge on any atom is 0.257 e. The third kappa shape index (κ3) is 3.55. The van der Waals surface area contributed by atoms with Gasteiger partial charge in [-0.3, -0.25) is 4.79 Å². The molecule has 1 heterocycles. The number of hydrogen-bond donors (Lipinski definition) is 4. The highest BCUT2D eigenvalue weighted by Gasteiger charge is 2.26. The highest BCUT2D eigenvalue weighted by molar-refractivity contribution is 7.89. The molecule has 0 aromatic heterocycles. The molecule has 8 heteroatoms. The Morgan fingerprint density at radius 2 is 1.88 bits per heavy atom. The van der Waals surface area contributed by atoms with Crippen LogP contribution in [-0.2, 0) is 28.0 Å². The van der Waals surface area contributed by atoms with Crippen molar-refractivity contribution in [3.63, 3.8) is 0 Å². The lowest BCUT2D eigenvalue weighted by atomic mass is 10.0. The van der Waals surface area contributed by atoms with Crippen molar-refractivity contribution in [2.75, 3.05) is 5.32 Å². The Hall–Kier alpha value is -2.68. The minimum Gasteiger partial charge on any atom is -0.392 e. The van der Waals surface area contributed by atoms with Gasteiger partial charge in [0.25, 0.3) is 5.91 Å². The predicted molar refractivity (Wildman–Crippen MR) is 93.6 cm³/mol. The summed E-state index contributed by atoms with van der Waals surface area (Å²) < 4.78 is 22.5.